The van der Waals surface area contributed by atoms with Gasteiger partial charge in [-0.05, 0) is 56.9 Å². The second-order valence-electron chi connectivity index (χ2n) is 7.10. The number of rotatable bonds is 7. The molecule has 0 aliphatic rings. The summed E-state index contributed by atoms with van der Waals surface area (Å²) >= 11 is 7.53. The van der Waals surface area contributed by atoms with Crippen LogP contribution in [0.25, 0.3) is 10.2 Å². The number of benzene rings is 2. The van der Waals surface area contributed by atoms with Crippen LogP contribution in [0.15, 0.2) is 41.3 Å². The summed E-state index contributed by atoms with van der Waals surface area (Å²) in [5, 5.41) is 0.917. The van der Waals surface area contributed by atoms with Crippen molar-refractivity contribution in [3.05, 3.63) is 52.8 Å². The number of hydrogen-bond donors (Lipinski definition) is 0. The molecule has 0 saturated carbocycles. The molecule has 0 unspecified atom stereocenters. The molecule has 1 aromatic heterocycles. The van der Waals surface area contributed by atoms with Gasteiger partial charge in [0.2, 0.25) is 5.91 Å². The molecule has 0 N–H and O–H groups in total. The summed E-state index contributed by atoms with van der Waals surface area (Å²) in [6, 6.07) is 8.04. The average molecular weight is 470 g/mol. The lowest BCUT2D eigenvalue weighted by molar-refractivity contribution is -0.116. The van der Waals surface area contributed by atoms with Crippen LogP contribution in [0.1, 0.15) is 5.56 Å². The van der Waals surface area contributed by atoms with Gasteiger partial charge in [0.25, 0.3) is 0 Å². The zero-order chi connectivity index (χ0) is 22.1. The number of amides is 1. The number of aryl methyl sites for hydroxylation is 1. The van der Waals surface area contributed by atoms with Crippen LogP contribution < -0.4 is 4.90 Å². The molecule has 2 aromatic carbocycles. The molecule has 160 valence electrons. The van der Waals surface area contributed by atoms with Crippen LogP contribution >= 0.6 is 22.9 Å². The Morgan fingerprint density at radius 2 is 1.80 bits per heavy atom. The largest absolute Gasteiger partial charge is 0.308 e. The van der Waals surface area contributed by atoms with Gasteiger partial charge in [-0.2, -0.15) is 0 Å². The van der Waals surface area contributed by atoms with E-state index in [0.717, 1.165) is 34.5 Å². The minimum absolute atomic E-state index is 0.104. The van der Waals surface area contributed by atoms with Crippen molar-refractivity contribution in [2.45, 2.75) is 11.8 Å². The number of carbonyl (C=O) groups excluding carboxylic acids is 1. The molecule has 0 aliphatic carbocycles. The minimum Gasteiger partial charge on any atom is -0.308 e. The highest BCUT2D eigenvalue weighted by atomic mass is 35.5. The Morgan fingerprint density at radius 3 is 2.40 bits per heavy atom. The fraction of sp³-hybridized carbons (Fsp3) is 0.300. The van der Waals surface area contributed by atoms with Gasteiger partial charge in [0.15, 0.2) is 15.0 Å². The zero-order valence-electron chi connectivity index (χ0n) is 16.7. The number of aromatic nitrogens is 1. The number of fused-ring (bicyclic) bond motifs is 1. The molecule has 1 heterocycles. The third-order valence-electron chi connectivity index (χ3n) is 4.47. The second kappa shape index (κ2) is 8.97. The van der Waals surface area contributed by atoms with Crippen LogP contribution in [0.3, 0.4) is 0 Å². The average Bonchev–Trinajstić information content (AvgIpc) is 3.11. The zero-order valence-corrected chi connectivity index (χ0v) is 19.1. The molecular formula is C20H21ClFN3O3S2. The van der Waals surface area contributed by atoms with Gasteiger partial charge in [0.1, 0.15) is 11.6 Å². The molecule has 3 rings (SSSR count). The molecular weight excluding hydrogens is 449 g/mol. The minimum atomic E-state index is -3.93. The number of thiazole rings is 1. The predicted molar refractivity (Wildman–Crippen MR) is 119 cm³/mol. The predicted octanol–water partition coefficient (Wildman–Crippen LogP) is 3.77. The Labute approximate surface area is 183 Å². The van der Waals surface area contributed by atoms with E-state index >= 15 is 0 Å². The standard InChI is InChI=1S/C20H21ClFN3O3S2/c1-13-4-9-16(21)19-18(13)23-20(29-19)25(11-10-24(2)3)17(26)12-30(27,28)15-7-5-14(22)6-8-15/h4-9H,10-12H2,1-3H3. The van der Waals surface area contributed by atoms with Crippen molar-refractivity contribution in [2.24, 2.45) is 0 Å². The number of sulfone groups is 1. The molecule has 0 spiro atoms. The smallest absolute Gasteiger partial charge is 0.244 e. The van der Waals surface area contributed by atoms with Gasteiger partial charge in [-0.15, -0.1) is 0 Å². The third kappa shape index (κ3) is 4.97. The first-order chi connectivity index (χ1) is 14.1. The van der Waals surface area contributed by atoms with Crippen molar-refractivity contribution < 1.29 is 17.6 Å². The number of nitrogens with zero attached hydrogens (tertiary/aromatic N) is 3. The van der Waals surface area contributed by atoms with Gasteiger partial charge in [-0.25, -0.2) is 17.8 Å². The first-order valence-corrected chi connectivity index (χ1v) is 11.9. The lowest BCUT2D eigenvalue weighted by atomic mass is 10.2. The quantitative estimate of drug-likeness (QED) is 0.493. The molecule has 0 fully saturated rings. The van der Waals surface area contributed by atoms with Crippen molar-refractivity contribution in [1.82, 2.24) is 9.88 Å². The first-order valence-electron chi connectivity index (χ1n) is 9.07. The molecule has 0 saturated heterocycles. The fourth-order valence-corrected chi connectivity index (χ4v) is 5.36. The van der Waals surface area contributed by atoms with Crippen molar-refractivity contribution in [3.8, 4) is 0 Å². The van der Waals surface area contributed by atoms with E-state index in [-0.39, 0.29) is 11.4 Å². The number of halogens is 2. The van der Waals surface area contributed by atoms with Gasteiger partial charge >= 0.3 is 0 Å². The van der Waals surface area contributed by atoms with E-state index in [1.807, 2.05) is 32.0 Å². The Kier molecular flexibility index (Phi) is 6.76. The summed E-state index contributed by atoms with van der Waals surface area (Å²) in [5.74, 6) is -1.89. The second-order valence-corrected chi connectivity index (χ2v) is 10.5. The van der Waals surface area contributed by atoms with E-state index in [2.05, 4.69) is 4.98 Å². The lowest BCUT2D eigenvalue weighted by Crippen LogP contribution is -2.40. The van der Waals surface area contributed by atoms with Crippen molar-refractivity contribution in [2.75, 3.05) is 37.8 Å². The summed E-state index contributed by atoms with van der Waals surface area (Å²) in [7, 11) is -0.218. The maximum Gasteiger partial charge on any atom is 0.244 e. The highest BCUT2D eigenvalue weighted by Crippen LogP contribution is 2.35. The molecule has 0 radical (unpaired) electrons. The molecule has 3 aromatic rings. The third-order valence-corrected chi connectivity index (χ3v) is 7.63. The molecule has 30 heavy (non-hydrogen) atoms. The molecule has 6 nitrogen and oxygen atoms in total. The van der Waals surface area contributed by atoms with Gasteiger partial charge in [-0.3, -0.25) is 9.69 Å². The highest BCUT2D eigenvalue weighted by Gasteiger charge is 2.27. The summed E-state index contributed by atoms with van der Waals surface area (Å²) in [6.07, 6.45) is 0. The monoisotopic (exact) mass is 469 g/mol. The van der Waals surface area contributed by atoms with Crippen LogP contribution in [0.2, 0.25) is 5.02 Å². The Balaban J connectivity index is 1.95. The van der Waals surface area contributed by atoms with Crippen molar-refractivity contribution >= 4 is 54.0 Å². The summed E-state index contributed by atoms with van der Waals surface area (Å²) in [4.78, 5) is 20.8. The van der Waals surface area contributed by atoms with E-state index in [1.165, 1.54) is 16.2 Å². The van der Waals surface area contributed by atoms with Gasteiger partial charge < -0.3 is 4.90 Å². The van der Waals surface area contributed by atoms with Gasteiger partial charge in [0.05, 0.1) is 20.1 Å². The normalized spacial score (nSPS) is 11.9. The van der Waals surface area contributed by atoms with Gasteiger partial charge in [0, 0.05) is 13.1 Å². The van der Waals surface area contributed by atoms with Crippen LogP contribution in [-0.2, 0) is 14.6 Å². The number of anilines is 1. The Hall–Kier alpha value is -2.07. The van der Waals surface area contributed by atoms with Crippen molar-refractivity contribution in [3.63, 3.8) is 0 Å². The maximum absolute atomic E-state index is 13.1. The number of hydrogen-bond acceptors (Lipinski definition) is 6. The number of likely N-dealkylation sites (N-methyl/N-ethyl adjacent to an activating group) is 1. The van der Waals surface area contributed by atoms with Crippen LogP contribution in [-0.4, -0.2) is 57.1 Å². The van der Waals surface area contributed by atoms with E-state index in [1.54, 1.807) is 6.07 Å². The van der Waals surface area contributed by atoms with E-state index in [4.69, 9.17) is 11.6 Å². The Bertz CT molecular complexity index is 1140. The SMILES string of the molecule is Cc1ccc(Cl)c2sc(N(CCN(C)C)C(=O)CS(=O)(=O)c3ccc(F)cc3)nc12. The lowest BCUT2D eigenvalue weighted by Gasteiger charge is -2.22. The molecule has 0 atom stereocenters. The van der Waals surface area contributed by atoms with Crippen LogP contribution in [0, 0.1) is 12.7 Å². The van der Waals surface area contributed by atoms with Crippen LogP contribution in [0.4, 0.5) is 9.52 Å². The summed E-state index contributed by atoms with van der Waals surface area (Å²) in [6.45, 7) is 2.68. The molecule has 1 amide bonds. The summed E-state index contributed by atoms with van der Waals surface area (Å²) in [5.41, 5.74) is 1.60. The molecule has 0 aliphatic heterocycles. The molecule has 0 bridgehead atoms. The van der Waals surface area contributed by atoms with E-state index in [9.17, 15) is 17.6 Å². The Morgan fingerprint density at radius 1 is 1.13 bits per heavy atom. The molecule has 10 heteroatoms. The highest BCUT2D eigenvalue weighted by molar-refractivity contribution is 7.92. The van der Waals surface area contributed by atoms with E-state index in [0.29, 0.717) is 22.2 Å². The van der Waals surface area contributed by atoms with Gasteiger partial charge in [-0.1, -0.05) is 29.0 Å². The van der Waals surface area contributed by atoms with Crippen LogP contribution in [0.5, 0.6) is 0 Å². The fourth-order valence-electron chi connectivity index (χ4n) is 2.80. The topological polar surface area (TPSA) is 70.6 Å². The first kappa shape index (κ1) is 22.6. The van der Waals surface area contributed by atoms with Crippen molar-refractivity contribution in [1.29, 1.82) is 0 Å². The van der Waals surface area contributed by atoms with E-state index < -0.39 is 27.3 Å². The number of carbonyl (C=O) groups is 1. The maximum atomic E-state index is 13.1. The summed E-state index contributed by atoms with van der Waals surface area (Å²) < 4.78 is 39.3.